The second kappa shape index (κ2) is 33.0. The molecular weight excluding hydrogens is 919 g/mol. The van der Waals surface area contributed by atoms with Gasteiger partial charge in [-0.25, -0.2) is 0 Å². The summed E-state index contributed by atoms with van der Waals surface area (Å²) in [5.74, 6) is -1.77. The highest BCUT2D eigenvalue weighted by Crippen LogP contribution is 2.16. The molecule has 0 saturated carbocycles. The number of rotatable bonds is 37. The van der Waals surface area contributed by atoms with Crippen LogP contribution in [0.15, 0.2) is 72.8 Å². The van der Waals surface area contributed by atoms with Crippen molar-refractivity contribution in [3.05, 3.63) is 83.9 Å². The van der Waals surface area contributed by atoms with Crippen LogP contribution < -0.4 is 26.6 Å². The SMILES string of the molecule is CC(C)C(=O)CCCCCC(=O)NC(COCCC(=O)NCCC(=O)Cc1ccc(O)cc1)(COCCC(=O)NCCC(=O)Cc1ccc(O)cc1)COCCC(=O)NCCC(=O)Nc1ccc(O)cc1. The maximum Gasteiger partial charge on any atom is 0.226 e. The summed E-state index contributed by atoms with van der Waals surface area (Å²) < 4.78 is 17.9. The molecule has 0 unspecified atom stereocenters. The summed E-state index contributed by atoms with van der Waals surface area (Å²) in [5.41, 5.74) is 0.580. The van der Waals surface area contributed by atoms with Crippen LogP contribution in [-0.4, -0.2) is 127 Å². The minimum atomic E-state index is -1.37. The minimum absolute atomic E-state index is 0.0142. The molecule has 3 aromatic rings. The first-order chi connectivity index (χ1) is 34.0. The van der Waals surface area contributed by atoms with E-state index in [2.05, 4.69) is 26.6 Å². The fourth-order valence-corrected chi connectivity index (χ4v) is 6.83. The van der Waals surface area contributed by atoms with E-state index in [9.17, 15) is 53.7 Å². The number of amides is 5. The first-order valence-electron chi connectivity index (χ1n) is 24.1. The van der Waals surface area contributed by atoms with Crippen molar-refractivity contribution >= 4 is 52.6 Å². The topological polar surface area (TPSA) is 285 Å². The molecule has 19 nitrogen and oxygen atoms in total. The molecule has 0 heterocycles. The van der Waals surface area contributed by atoms with Crippen molar-refractivity contribution in [1.29, 1.82) is 0 Å². The molecule has 5 amide bonds. The Kier molecular flexibility index (Phi) is 27.2. The summed E-state index contributed by atoms with van der Waals surface area (Å²) in [6, 6.07) is 18.5. The van der Waals surface area contributed by atoms with Gasteiger partial charge in [0, 0.05) is 95.4 Å². The number of Topliss-reactive ketones (excluding diaryl/α,β-unsaturated/α-hetero) is 3. The van der Waals surface area contributed by atoms with Gasteiger partial charge < -0.3 is 56.1 Å². The number of carbonyl (C=O) groups excluding carboxylic acids is 8. The number of carbonyl (C=O) groups is 8. The summed E-state index contributed by atoms with van der Waals surface area (Å²) in [5, 5.41) is 42.1. The van der Waals surface area contributed by atoms with E-state index in [1.165, 1.54) is 36.4 Å². The summed E-state index contributed by atoms with van der Waals surface area (Å²) >= 11 is 0. The molecule has 71 heavy (non-hydrogen) atoms. The number of phenols is 3. The Morgan fingerprint density at radius 2 is 0.859 bits per heavy atom. The van der Waals surface area contributed by atoms with E-state index >= 15 is 0 Å². The van der Waals surface area contributed by atoms with Gasteiger partial charge in [0.1, 0.15) is 40.1 Å². The quantitative estimate of drug-likeness (QED) is 0.0298. The Balaban J connectivity index is 1.59. The third-order valence-corrected chi connectivity index (χ3v) is 10.9. The summed E-state index contributed by atoms with van der Waals surface area (Å²) in [4.78, 5) is 101. The summed E-state index contributed by atoms with van der Waals surface area (Å²) in [6.07, 6.45) is 2.45. The molecule has 0 radical (unpaired) electrons. The number of hydrogen-bond donors (Lipinski definition) is 8. The van der Waals surface area contributed by atoms with Crippen LogP contribution in [0.3, 0.4) is 0 Å². The molecule has 3 rings (SSSR count). The number of anilines is 1. The van der Waals surface area contributed by atoms with Gasteiger partial charge in [-0.3, -0.25) is 38.4 Å². The Hall–Kier alpha value is -6.70. The first-order valence-corrected chi connectivity index (χ1v) is 24.1. The van der Waals surface area contributed by atoms with Gasteiger partial charge >= 0.3 is 0 Å². The molecule has 0 aliphatic rings. The largest absolute Gasteiger partial charge is 0.508 e. The molecule has 0 saturated heterocycles. The molecule has 19 heteroatoms. The van der Waals surface area contributed by atoms with Crippen molar-refractivity contribution in [3.8, 4) is 17.2 Å². The molecular formula is C52H71N5O14. The normalized spacial score (nSPS) is 11.1. The third kappa shape index (κ3) is 26.7. The van der Waals surface area contributed by atoms with Gasteiger partial charge in [0.05, 0.1) is 39.6 Å². The van der Waals surface area contributed by atoms with Crippen LogP contribution >= 0.6 is 0 Å². The van der Waals surface area contributed by atoms with E-state index in [-0.39, 0.29) is 181 Å². The number of nitrogens with one attached hydrogen (secondary N) is 5. The fraction of sp³-hybridized carbons (Fsp3) is 0.500. The smallest absolute Gasteiger partial charge is 0.226 e. The van der Waals surface area contributed by atoms with E-state index in [0.717, 1.165) is 11.1 Å². The molecule has 0 fully saturated rings. The van der Waals surface area contributed by atoms with E-state index in [1.807, 2.05) is 13.8 Å². The van der Waals surface area contributed by atoms with Crippen LogP contribution in [-0.2, 0) is 65.4 Å². The van der Waals surface area contributed by atoms with Gasteiger partial charge in [0.25, 0.3) is 0 Å². The van der Waals surface area contributed by atoms with Gasteiger partial charge in [0.15, 0.2) is 0 Å². The van der Waals surface area contributed by atoms with Crippen LogP contribution in [0.4, 0.5) is 5.69 Å². The van der Waals surface area contributed by atoms with Crippen LogP contribution in [0.1, 0.15) is 95.6 Å². The predicted molar refractivity (Wildman–Crippen MR) is 263 cm³/mol. The number of aromatic hydroxyl groups is 3. The molecule has 0 aliphatic carbocycles. The second-order valence-corrected chi connectivity index (χ2v) is 17.6. The predicted octanol–water partition coefficient (Wildman–Crippen LogP) is 4.14. The lowest BCUT2D eigenvalue weighted by Gasteiger charge is -2.34. The van der Waals surface area contributed by atoms with E-state index < -0.39 is 11.4 Å². The van der Waals surface area contributed by atoms with Crippen molar-refractivity contribution in [2.45, 2.75) is 103 Å². The molecule has 0 aliphatic heterocycles. The van der Waals surface area contributed by atoms with E-state index in [4.69, 9.17) is 14.2 Å². The standard InChI is InChI=1S/C52H71N5O14/c1-37(2)46(63)6-4-3-5-7-51(68)57-52(34-69-29-23-47(64)53-26-20-44(61)32-38-8-14-41(58)15-9-38,35-70-30-24-48(65)54-27-21-45(62)33-39-10-16-42(59)17-11-39)36-71-31-25-49(66)55-28-22-50(67)56-40-12-18-43(60)19-13-40/h8-19,37,58-60H,3-7,20-36H2,1-2H3,(H,53,64)(H,54,65)(H,55,66)(H,56,67)(H,57,68). The molecule has 0 spiro atoms. The fourth-order valence-electron chi connectivity index (χ4n) is 6.83. The highest BCUT2D eigenvalue weighted by molar-refractivity contribution is 5.91. The summed E-state index contributed by atoms with van der Waals surface area (Å²) in [7, 11) is 0. The first kappa shape index (κ1) is 58.6. The minimum Gasteiger partial charge on any atom is -0.508 e. The highest BCUT2D eigenvalue weighted by atomic mass is 16.5. The lowest BCUT2D eigenvalue weighted by Crippen LogP contribution is -2.58. The highest BCUT2D eigenvalue weighted by Gasteiger charge is 2.34. The number of benzene rings is 3. The molecule has 3 aromatic carbocycles. The van der Waals surface area contributed by atoms with Gasteiger partial charge in [-0.05, 0) is 72.5 Å². The molecule has 0 aromatic heterocycles. The Labute approximate surface area is 415 Å². The van der Waals surface area contributed by atoms with E-state index in [1.54, 1.807) is 36.4 Å². The zero-order valence-corrected chi connectivity index (χ0v) is 40.9. The number of ether oxygens (including phenoxy) is 3. The zero-order valence-electron chi connectivity index (χ0n) is 40.9. The van der Waals surface area contributed by atoms with E-state index in [0.29, 0.717) is 31.4 Å². The van der Waals surface area contributed by atoms with Crippen molar-refractivity contribution in [2.24, 2.45) is 5.92 Å². The molecule has 0 atom stereocenters. The lowest BCUT2D eigenvalue weighted by atomic mass is 10.0. The van der Waals surface area contributed by atoms with Crippen molar-refractivity contribution in [3.63, 3.8) is 0 Å². The van der Waals surface area contributed by atoms with Crippen molar-refractivity contribution in [1.82, 2.24) is 21.3 Å². The lowest BCUT2D eigenvalue weighted by molar-refractivity contribution is -0.130. The molecule has 388 valence electrons. The number of phenolic OH excluding ortho intramolecular Hbond substituents is 3. The van der Waals surface area contributed by atoms with Gasteiger partial charge in [-0.1, -0.05) is 44.5 Å². The van der Waals surface area contributed by atoms with Gasteiger partial charge in [0.2, 0.25) is 29.5 Å². The summed E-state index contributed by atoms with van der Waals surface area (Å²) in [6.45, 7) is 3.01. The number of hydrogen-bond acceptors (Lipinski definition) is 14. The molecule has 8 N–H and O–H groups in total. The van der Waals surface area contributed by atoms with Crippen LogP contribution in [0.5, 0.6) is 17.2 Å². The number of ketones is 3. The Bertz CT molecular complexity index is 1940. The monoisotopic (exact) mass is 989 g/mol. The van der Waals surface area contributed by atoms with Crippen molar-refractivity contribution in [2.75, 3.05) is 64.6 Å². The van der Waals surface area contributed by atoms with Crippen LogP contribution in [0, 0.1) is 5.92 Å². The second-order valence-electron chi connectivity index (χ2n) is 17.6. The third-order valence-electron chi connectivity index (χ3n) is 10.9. The van der Waals surface area contributed by atoms with Crippen LogP contribution in [0.2, 0.25) is 0 Å². The zero-order chi connectivity index (χ0) is 51.9. The van der Waals surface area contributed by atoms with Gasteiger partial charge in [-0.2, -0.15) is 0 Å². The maximum absolute atomic E-state index is 13.5. The Morgan fingerprint density at radius 1 is 0.465 bits per heavy atom. The van der Waals surface area contributed by atoms with Gasteiger partial charge in [-0.15, -0.1) is 0 Å². The number of unbranched alkanes of at least 4 members (excludes halogenated alkanes) is 2. The molecule has 0 bridgehead atoms. The van der Waals surface area contributed by atoms with Crippen molar-refractivity contribution < 1.29 is 67.9 Å². The van der Waals surface area contributed by atoms with Crippen LogP contribution in [0.25, 0.3) is 0 Å². The average Bonchev–Trinajstić information content (AvgIpc) is 3.32. The maximum atomic E-state index is 13.5. The Morgan fingerprint density at radius 3 is 1.28 bits per heavy atom. The average molecular weight is 990 g/mol.